The van der Waals surface area contributed by atoms with E-state index in [1.807, 2.05) is 25.1 Å². The predicted octanol–water partition coefficient (Wildman–Crippen LogP) is 3.68. The number of esters is 1. The van der Waals surface area contributed by atoms with Crippen LogP contribution in [0.5, 0.6) is 0 Å². The van der Waals surface area contributed by atoms with Crippen molar-refractivity contribution >= 4 is 33.5 Å². The molecule has 1 rings (SSSR count). The summed E-state index contributed by atoms with van der Waals surface area (Å²) in [5, 5.41) is 0. The van der Waals surface area contributed by atoms with Crippen LogP contribution in [0.2, 0.25) is 0 Å². The minimum Gasteiger partial charge on any atom is -0.466 e. The summed E-state index contributed by atoms with van der Waals surface area (Å²) < 4.78 is 5.86. The fourth-order valence-corrected chi connectivity index (χ4v) is 2.16. The first-order chi connectivity index (χ1) is 7.65. The fourth-order valence-electron chi connectivity index (χ4n) is 1.42. The smallest absolute Gasteiger partial charge is 0.306 e. The molecule has 2 nitrogen and oxygen atoms in total. The van der Waals surface area contributed by atoms with E-state index in [1.165, 1.54) is 0 Å². The molecule has 0 fully saturated rings. The van der Waals surface area contributed by atoms with Crippen molar-refractivity contribution in [2.75, 3.05) is 6.61 Å². The molecule has 0 saturated carbocycles. The van der Waals surface area contributed by atoms with Gasteiger partial charge in [-0.1, -0.05) is 22.0 Å². The van der Waals surface area contributed by atoms with Gasteiger partial charge in [0.25, 0.3) is 0 Å². The number of benzene rings is 1. The highest BCUT2D eigenvalue weighted by Crippen LogP contribution is 2.18. The quantitative estimate of drug-likeness (QED) is 0.613. The normalized spacial score (nSPS) is 10.2. The van der Waals surface area contributed by atoms with E-state index in [2.05, 4.69) is 15.9 Å². The van der Waals surface area contributed by atoms with Crippen LogP contribution in [-0.4, -0.2) is 12.6 Å². The predicted molar refractivity (Wildman–Crippen MR) is 68.7 cm³/mol. The Morgan fingerprint density at radius 2 is 2.06 bits per heavy atom. The van der Waals surface area contributed by atoms with Crippen LogP contribution >= 0.6 is 27.5 Å². The van der Waals surface area contributed by atoms with E-state index in [0.717, 1.165) is 15.6 Å². The van der Waals surface area contributed by atoms with E-state index < -0.39 is 0 Å². The van der Waals surface area contributed by atoms with Gasteiger partial charge in [0.05, 0.1) is 6.61 Å². The van der Waals surface area contributed by atoms with Gasteiger partial charge in [0.2, 0.25) is 0 Å². The van der Waals surface area contributed by atoms with Gasteiger partial charge >= 0.3 is 5.97 Å². The summed E-state index contributed by atoms with van der Waals surface area (Å²) in [6.07, 6.45) is 1.09. The molecular weight excluding hydrogens is 291 g/mol. The molecule has 0 atom stereocenters. The summed E-state index contributed by atoms with van der Waals surface area (Å²) in [6.45, 7) is 2.24. The van der Waals surface area contributed by atoms with Gasteiger partial charge in [-0.15, -0.1) is 11.6 Å². The summed E-state index contributed by atoms with van der Waals surface area (Å²) in [7, 11) is 0. The van der Waals surface area contributed by atoms with Crippen LogP contribution in [0, 0.1) is 0 Å². The molecule has 0 aliphatic rings. The molecule has 0 N–H and O–H groups in total. The minimum absolute atomic E-state index is 0.158. The van der Waals surface area contributed by atoms with Gasteiger partial charge in [0, 0.05) is 16.8 Å². The molecule has 0 spiro atoms. The number of hydrogen-bond donors (Lipinski definition) is 0. The van der Waals surface area contributed by atoms with E-state index in [1.54, 1.807) is 0 Å². The Hall–Kier alpha value is -0.540. The van der Waals surface area contributed by atoms with E-state index >= 15 is 0 Å². The van der Waals surface area contributed by atoms with Gasteiger partial charge in [-0.3, -0.25) is 4.79 Å². The molecule has 0 heterocycles. The van der Waals surface area contributed by atoms with E-state index in [9.17, 15) is 4.79 Å². The molecule has 0 aliphatic carbocycles. The number of rotatable bonds is 5. The third-order valence-electron chi connectivity index (χ3n) is 2.09. The largest absolute Gasteiger partial charge is 0.466 e. The molecule has 0 aliphatic heterocycles. The molecule has 0 unspecified atom stereocenters. The summed E-state index contributed by atoms with van der Waals surface area (Å²) in [5.74, 6) is 0.321. The maximum Gasteiger partial charge on any atom is 0.306 e. The van der Waals surface area contributed by atoms with Gasteiger partial charge in [0.1, 0.15) is 0 Å². The lowest BCUT2D eigenvalue weighted by Gasteiger charge is -2.05. The highest BCUT2D eigenvalue weighted by molar-refractivity contribution is 9.10. The maximum absolute atomic E-state index is 11.2. The zero-order valence-electron chi connectivity index (χ0n) is 9.13. The van der Waals surface area contributed by atoms with E-state index in [4.69, 9.17) is 16.3 Å². The lowest BCUT2D eigenvalue weighted by molar-refractivity contribution is -0.143. The maximum atomic E-state index is 11.2. The van der Waals surface area contributed by atoms with Crippen molar-refractivity contribution in [1.82, 2.24) is 0 Å². The minimum atomic E-state index is -0.158. The summed E-state index contributed by atoms with van der Waals surface area (Å²) in [4.78, 5) is 11.2. The summed E-state index contributed by atoms with van der Waals surface area (Å²) in [5.41, 5.74) is 2.15. The molecule has 4 heteroatoms. The number of ether oxygens (including phenoxy) is 1. The van der Waals surface area contributed by atoms with Crippen LogP contribution < -0.4 is 0 Å². The summed E-state index contributed by atoms with van der Waals surface area (Å²) >= 11 is 9.19. The van der Waals surface area contributed by atoms with Crippen LogP contribution in [0.15, 0.2) is 22.7 Å². The average molecular weight is 306 g/mol. The van der Waals surface area contributed by atoms with Crippen molar-refractivity contribution in [3.63, 3.8) is 0 Å². The molecule has 16 heavy (non-hydrogen) atoms. The van der Waals surface area contributed by atoms with Crippen LogP contribution in [0.4, 0.5) is 0 Å². The molecule has 0 aromatic heterocycles. The number of carbonyl (C=O) groups is 1. The number of aryl methyl sites for hydroxylation is 1. The number of carbonyl (C=O) groups excluding carboxylic acids is 1. The lowest BCUT2D eigenvalue weighted by Crippen LogP contribution is -2.05. The van der Waals surface area contributed by atoms with E-state index in [-0.39, 0.29) is 5.97 Å². The van der Waals surface area contributed by atoms with Crippen LogP contribution in [0.25, 0.3) is 0 Å². The van der Waals surface area contributed by atoms with Crippen molar-refractivity contribution in [3.05, 3.63) is 33.8 Å². The first-order valence-electron chi connectivity index (χ1n) is 5.15. The third kappa shape index (κ3) is 4.54. The number of alkyl halides is 1. The second kappa shape index (κ2) is 6.92. The zero-order chi connectivity index (χ0) is 12.0. The van der Waals surface area contributed by atoms with Gasteiger partial charge in [-0.05, 0) is 36.6 Å². The van der Waals surface area contributed by atoms with Gasteiger partial charge in [0.15, 0.2) is 0 Å². The first-order valence-corrected chi connectivity index (χ1v) is 6.48. The number of hydrogen-bond acceptors (Lipinski definition) is 2. The Morgan fingerprint density at radius 1 is 1.38 bits per heavy atom. The van der Waals surface area contributed by atoms with Crippen molar-refractivity contribution in [2.24, 2.45) is 0 Å². The topological polar surface area (TPSA) is 26.3 Å². The van der Waals surface area contributed by atoms with Crippen molar-refractivity contribution in [2.45, 2.75) is 25.6 Å². The molecular formula is C12H14BrClO2. The highest BCUT2D eigenvalue weighted by atomic mass is 79.9. The van der Waals surface area contributed by atoms with Gasteiger partial charge in [-0.2, -0.15) is 0 Å². The fraction of sp³-hybridized carbons (Fsp3) is 0.417. The zero-order valence-corrected chi connectivity index (χ0v) is 11.5. The molecule has 0 amide bonds. The summed E-state index contributed by atoms with van der Waals surface area (Å²) in [6, 6.07) is 5.98. The van der Waals surface area contributed by atoms with Crippen molar-refractivity contribution in [1.29, 1.82) is 0 Å². The van der Waals surface area contributed by atoms with E-state index in [0.29, 0.717) is 25.3 Å². The average Bonchev–Trinajstić information content (AvgIpc) is 2.26. The molecule has 1 aromatic carbocycles. The van der Waals surface area contributed by atoms with Crippen LogP contribution in [0.1, 0.15) is 24.5 Å². The Balaban J connectivity index is 2.59. The third-order valence-corrected chi connectivity index (χ3v) is 2.86. The molecule has 88 valence electrons. The van der Waals surface area contributed by atoms with Crippen LogP contribution in [-0.2, 0) is 21.8 Å². The molecule has 0 radical (unpaired) electrons. The Kier molecular flexibility index (Phi) is 5.85. The second-order valence-electron chi connectivity index (χ2n) is 3.41. The molecule has 0 bridgehead atoms. The van der Waals surface area contributed by atoms with Crippen molar-refractivity contribution < 1.29 is 9.53 Å². The molecule has 1 aromatic rings. The van der Waals surface area contributed by atoms with Gasteiger partial charge in [-0.25, -0.2) is 0 Å². The SMILES string of the molecule is CCOC(=O)CCc1cc(Br)cc(CCl)c1. The Labute approximate surface area is 109 Å². The Bertz CT molecular complexity index is 366. The van der Waals surface area contributed by atoms with Gasteiger partial charge < -0.3 is 4.74 Å². The lowest BCUT2D eigenvalue weighted by atomic mass is 10.1. The Morgan fingerprint density at radius 3 is 2.69 bits per heavy atom. The first kappa shape index (κ1) is 13.5. The monoisotopic (exact) mass is 304 g/mol. The standard InChI is InChI=1S/C12H14BrClO2/c1-2-16-12(15)4-3-9-5-10(8-14)7-11(13)6-9/h5-7H,2-4,8H2,1H3. The number of halogens is 2. The second-order valence-corrected chi connectivity index (χ2v) is 4.59. The highest BCUT2D eigenvalue weighted by Gasteiger charge is 2.04. The van der Waals surface area contributed by atoms with Crippen LogP contribution in [0.3, 0.4) is 0 Å². The van der Waals surface area contributed by atoms with Crippen molar-refractivity contribution in [3.8, 4) is 0 Å². The molecule has 0 saturated heterocycles.